The Bertz CT molecular complexity index is 674. The number of nitrogens with two attached hydrogens (primary N) is 1. The third kappa shape index (κ3) is 3.42. The molecule has 0 saturated carbocycles. The van der Waals surface area contributed by atoms with E-state index in [4.69, 9.17) is 10.5 Å². The largest absolute Gasteiger partial charge is 0.466 e. The van der Waals surface area contributed by atoms with Crippen molar-refractivity contribution in [1.82, 2.24) is 9.78 Å². The first kappa shape index (κ1) is 15.8. The minimum atomic E-state index is -0.394. The van der Waals surface area contributed by atoms with Gasteiger partial charge in [-0.3, -0.25) is 9.59 Å². The van der Waals surface area contributed by atoms with Gasteiger partial charge in [0.15, 0.2) is 0 Å². The zero-order valence-corrected chi connectivity index (χ0v) is 11.8. The molecule has 6 nitrogen and oxygen atoms in total. The van der Waals surface area contributed by atoms with Gasteiger partial charge in [-0.25, -0.2) is 4.68 Å². The standard InChI is InChI=1S/C14H19N3O3/c1-4-7-11-10(5-2)12(8-13(18)20-6-3)16-17(9-15)14(11)19/h4-5,7H,1,6,8-9,15H2,2-3H3/b10-5+,11-7+. The molecule has 6 heteroatoms. The van der Waals surface area contributed by atoms with Crippen LogP contribution in [0.4, 0.5) is 0 Å². The molecule has 1 rings (SSSR count). The number of nitrogens with zero attached hydrogens (tertiary/aromatic N) is 2. The summed E-state index contributed by atoms with van der Waals surface area (Å²) in [6, 6.07) is 0. The van der Waals surface area contributed by atoms with Crippen LogP contribution in [0.5, 0.6) is 0 Å². The molecule has 0 amide bonds. The molecule has 1 aromatic rings. The van der Waals surface area contributed by atoms with Crippen molar-refractivity contribution in [2.75, 3.05) is 6.61 Å². The van der Waals surface area contributed by atoms with Gasteiger partial charge in [0, 0.05) is 5.22 Å². The van der Waals surface area contributed by atoms with Gasteiger partial charge in [0.05, 0.1) is 30.6 Å². The molecule has 0 atom stereocenters. The van der Waals surface area contributed by atoms with Crippen LogP contribution in [0.1, 0.15) is 19.5 Å². The Morgan fingerprint density at radius 3 is 2.70 bits per heavy atom. The monoisotopic (exact) mass is 277 g/mol. The summed E-state index contributed by atoms with van der Waals surface area (Å²) in [5.74, 6) is -0.394. The number of hydrogen-bond donors (Lipinski definition) is 1. The molecule has 0 aliphatic carbocycles. The summed E-state index contributed by atoms with van der Waals surface area (Å²) in [6.07, 6.45) is 4.82. The van der Waals surface area contributed by atoms with Gasteiger partial charge in [-0.2, -0.15) is 5.10 Å². The highest BCUT2D eigenvalue weighted by Gasteiger charge is 2.11. The van der Waals surface area contributed by atoms with E-state index in [1.54, 1.807) is 26.0 Å². The van der Waals surface area contributed by atoms with Gasteiger partial charge in [-0.05, 0) is 19.9 Å². The summed E-state index contributed by atoms with van der Waals surface area (Å²) in [6.45, 7) is 7.33. The smallest absolute Gasteiger partial charge is 0.311 e. The van der Waals surface area contributed by atoms with E-state index in [0.29, 0.717) is 22.7 Å². The molecule has 20 heavy (non-hydrogen) atoms. The van der Waals surface area contributed by atoms with Gasteiger partial charge < -0.3 is 10.5 Å². The third-order valence-electron chi connectivity index (χ3n) is 2.67. The number of carbonyl (C=O) groups excluding carboxylic acids is 1. The van der Waals surface area contributed by atoms with Crippen LogP contribution in [0.3, 0.4) is 0 Å². The highest BCUT2D eigenvalue weighted by Crippen LogP contribution is 1.89. The van der Waals surface area contributed by atoms with Crippen LogP contribution in [-0.2, 0) is 22.6 Å². The lowest BCUT2D eigenvalue weighted by molar-refractivity contribution is -0.142. The molecule has 0 aliphatic heterocycles. The van der Waals surface area contributed by atoms with E-state index in [1.807, 2.05) is 0 Å². The molecule has 0 aromatic carbocycles. The lowest BCUT2D eigenvalue weighted by Gasteiger charge is -2.07. The first-order valence-electron chi connectivity index (χ1n) is 6.33. The molecule has 0 radical (unpaired) electrons. The van der Waals surface area contributed by atoms with Gasteiger partial charge >= 0.3 is 5.97 Å². The number of allylic oxidation sites excluding steroid dienone is 1. The number of esters is 1. The van der Waals surface area contributed by atoms with Gasteiger partial charge in [-0.15, -0.1) is 0 Å². The van der Waals surface area contributed by atoms with Crippen LogP contribution < -0.4 is 21.7 Å². The zero-order valence-electron chi connectivity index (χ0n) is 11.8. The number of hydrogen-bond acceptors (Lipinski definition) is 5. The average molecular weight is 277 g/mol. The average Bonchev–Trinajstić information content (AvgIpc) is 2.42. The molecular formula is C14H19N3O3. The molecule has 0 unspecified atom stereocenters. The van der Waals surface area contributed by atoms with Gasteiger partial charge in [-0.1, -0.05) is 18.7 Å². The summed E-state index contributed by atoms with van der Waals surface area (Å²) in [4.78, 5) is 23.7. The Balaban J connectivity index is 3.57. The number of rotatable bonds is 5. The van der Waals surface area contributed by atoms with E-state index < -0.39 is 5.97 Å². The second kappa shape index (κ2) is 7.40. The van der Waals surface area contributed by atoms with Crippen LogP contribution in [0.2, 0.25) is 0 Å². The van der Waals surface area contributed by atoms with Gasteiger partial charge in [0.2, 0.25) is 0 Å². The maximum Gasteiger partial charge on any atom is 0.311 e. The molecule has 108 valence electrons. The Kier molecular flexibility index (Phi) is 5.86. The zero-order chi connectivity index (χ0) is 15.1. The quantitative estimate of drug-likeness (QED) is 0.700. The van der Waals surface area contributed by atoms with Crippen molar-refractivity contribution in [1.29, 1.82) is 0 Å². The van der Waals surface area contributed by atoms with Crippen LogP contribution in [0.15, 0.2) is 17.4 Å². The number of ether oxygens (including phenoxy) is 1. The molecule has 0 bridgehead atoms. The van der Waals surface area contributed by atoms with Crippen molar-refractivity contribution >= 4 is 18.1 Å². The summed E-state index contributed by atoms with van der Waals surface area (Å²) in [7, 11) is 0. The molecule has 0 fully saturated rings. The lowest BCUT2D eigenvalue weighted by atomic mass is 10.2. The molecular weight excluding hydrogens is 258 g/mol. The van der Waals surface area contributed by atoms with Crippen molar-refractivity contribution in [2.45, 2.75) is 26.9 Å². The highest BCUT2D eigenvalue weighted by molar-refractivity contribution is 5.72. The Morgan fingerprint density at radius 1 is 1.50 bits per heavy atom. The maximum atomic E-state index is 12.1. The fraction of sp³-hybridized carbons (Fsp3) is 0.357. The number of aromatic nitrogens is 2. The lowest BCUT2D eigenvalue weighted by Crippen LogP contribution is -2.49. The fourth-order valence-electron chi connectivity index (χ4n) is 1.86. The van der Waals surface area contributed by atoms with Crippen molar-refractivity contribution < 1.29 is 9.53 Å². The molecule has 0 aliphatic rings. The Labute approximate surface area is 116 Å². The van der Waals surface area contributed by atoms with Crippen LogP contribution in [0, 0.1) is 0 Å². The van der Waals surface area contributed by atoms with E-state index in [0.717, 1.165) is 4.68 Å². The van der Waals surface area contributed by atoms with E-state index >= 15 is 0 Å². The molecule has 1 aromatic heterocycles. The minimum absolute atomic E-state index is 0.00816. The Morgan fingerprint density at radius 2 is 2.20 bits per heavy atom. The summed E-state index contributed by atoms with van der Waals surface area (Å²) >= 11 is 0. The minimum Gasteiger partial charge on any atom is -0.466 e. The molecule has 2 N–H and O–H groups in total. The van der Waals surface area contributed by atoms with E-state index in [9.17, 15) is 9.59 Å². The van der Waals surface area contributed by atoms with Crippen LogP contribution >= 0.6 is 0 Å². The topological polar surface area (TPSA) is 87.2 Å². The van der Waals surface area contributed by atoms with Crippen LogP contribution in [0.25, 0.3) is 12.2 Å². The molecule has 1 heterocycles. The van der Waals surface area contributed by atoms with E-state index in [2.05, 4.69) is 11.7 Å². The SMILES string of the molecule is C=C/C=c1/c(=O)n(CN)nc(CC(=O)OCC)/c1=C/C. The summed E-state index contributed by atoms with van der Waals surface area (Å²) in [5, 5.41) is 5.14. The first-order chi connectivity index (χ1) is 9.58. The van der Waals surface area contributed by atoms with Crippen molar-refractivity contribution in [3.63, 3.8) is 0 Å². The third-order valence-corrected chi connectivity index (χ3v) is 2.67. The Hall–Kier alpha value is -2.21. The van der Waals surface area contributed by atoms with E-state index in [1.165, 1.54) is 6.08 Å². The van der Waals surface area contributed by atoms with Crippen molar-refractivity contribution in [3.05, 3.63) is 39.1 Å². The fourth-order valence-corrected chi connectivity index (χ4v) is 1.86. The first-order valence-corrected chi connectivity index (χ1v) is 6.33. The second-order valence-corrected chi connectivity index (χ2v) is 3.93. The predicted molar refractivity (Wildman–Crippen MR) is 77.1 cm³/mol. The van der Waals surface area contributed by atoms with Crippen molar-refractivity contribution in [2.24, 2.45) is 5.73 Å². The van der Waals surface area contributed by atoms with E-state index in [-0.39, 0.29) is 18.6 Å². The highest BCUT2D eigenvalue weighted by atomic mass is 16.5. The molecule has 0 spiro atoms. The summed E-state index contributed by atoms with van der Waals surface area (Å²) in [5.41, 5.74) is 5.65. The maximum absolute atomic E-state index is 12.1. The predicted octanol–water partition coefficient (Wildman–Crippen LogP) is -0.968. The van der Waals surface area contributed by atoms with Crippen LogP contribution in [-0.4, -0.2) is 22.4 Å². The van der Waals surface area contributed by atoms with Gasteiger partial charge in [0.1, 0.15) is 0 Å². The van der Waals surface area contributed by atoms with Crippen molar-refractivity contribution in [3.8, 4) is 0 Å². The van der Waals surface area contributed by atoms with Gasteiger partial charge in [0.25, 0.3) is 5.56 Å². The second-order valence-electron chi connectivity index (χ2n) is 3.93. The normalized spacial score (nSPS) is 12.6. The summed E-state index contributed by atoms with van der Waals surface area (Å²) < 4.78 is 6.03. The molecule has 0 saturated heterocycles. The number of carbonyl (C=O) groups is 1.